The maximum Gasteiger partial charge on any atom is 0.262 e. The molecule has 0 aliphatic rings. The van der Waals surface area contributed by atoms with Crippen molar-refractivity contribution in [3.8, 4) is 28.7 Å². The van der Waals surface area contributed by atoms with Crippen molar-refractivity contribution >= 4 is 27.5 Å². The molecule has 0 spiro atoms. The SMILES string of the molecule is Cc1cc(NC(=O)COc2ccccc2-c2nnc(-c3ccccc3)o2)ccc1Br. The molecule has 3 aromatic carbocycles. The smallest absolute Gasteiger partial charge is 0.262 e. The molecule has 0 saturated carbocycles. The van der Waals surface area contributed by atoms with Crippen molar-refractivity contribution in [2.75, 3.05) is 11.9 Å². The van der Waals surface area contributed by atoms with Gasteiger partial charge in [-0.05, 0) is 55.0 Å². The molecule has 4 aromatic rings. The molecule has 30 heavy (non-hydrogen) atoms. The van der Waals surface area contributed by atoms with E-state index in [4.69, 9.17) is 9.15 Å². The summed E-state index contributed by atoms with van der Waals surface area (Å²) in [5.74, 6) is 0.974. The molecule has 1 amide bonds. The molecule has 1 N–H and O–H groups in total. The van der Waals surface area contributed by atoms with E-state index >= 15 is 0 Å². The van der Waals surface area contributed by atoms with Crippen LogP contribution >= 0.6 is 15.9 Å². The lowest BCUT2D eigenvalue weighted by molar-refractivity contribution is -0.118. The van der Waals surface area contributed by atoms with E-state index in [0.29, 0.717) is 28.8 Å². The van der Waals surface area contributed by atoms with Gasteiger partial charge >= 0.3 is 0 Å². The highest BCUT2D eigenvalue weighted by Gasteiger charge is 2.15. The van der Waals surface area contributed by atoms with Gasteiger partial charge in [0.2, 0.25) is 5.89 Å². The number of amides is 1. The monoisotopic (exact) mass is 463 g/mol. The number of anilines is 1. The molecule has 0 bridgehead atoms. The van der Waals surface area contributed by atoms with Gasteiger partial charge in [-0.3, -0.25) is 4.79 Å². The predicted molar refractivity (Wildman–Crippen MR) is 118 cm³/mol. The molecule has 1 heterocycles. The number of nitrogens with one attached hydrogen (secondary N) is 1. The van der Waals surface area contributed by atoms with Crippen molar-refractivity contribution in [1.82, 2.24) is 10.2 Å². The van der Waals surface area contributed by atoms with Crippen LogP contribution in [0.25, 0.3) is 22.9 Å². The fourth-order valence-corrected chi connectivity index (χ4v) is 3.11. The fourth-order valence-electron chi connectivity index (χ4n) is 2.86. The second kappa shape index (κ2) is 8.92. The van der Waals surface area contributed by atoms with Crippen LogP contribution in [0.1, 0.15) is 5.56 Å². The number of aromatic nitrogens is 2. The summed E-state index contributed by atoms with van der Waals surface area (Å²) in [7, 11) is 0. The number of nitrogens with zero attached hydrogens (tertiary/aromatic N) is 2. The van der Waals surface area contributed by atoms with E-state index in [1.807, 2.05) is 73.7 Å². The lowest BCUT2D eigenvalue weighted by Crippen LogP contribution is -2.20. The van der Waals surface area contributed by atoms with E-state index in [2.05, 4.69) is 31.4 Å². The third-order valence-corrected chi connectivity index (χ3v) is 5.25. The number of carbonyl (C=O) groups excluding carboxylic acids is 1. The number of halogens is 1. The van der Waals surface area contributed by atoms with Crippen molar-refractivity contribution in [3.05, 3.63) is 82.8 Å². The molecule has 0 atom stereocenters. The summed E-state index contributed by atoms with van der Waals surface area (Å²) in [6.45, 7) is 1.81. The van der Waals surface area contributed by atoms with Crippen LogP contribution < -0.4 is 10.1 Å². The summed E-state index contributed by atoms with van der Waals surface area (Å²) < 4.78 is 12.5. The Bertz CT molecular complexity index is 1180. The van der Waals surface area contributed by atoms with Gasteiger partial charge < -0.3 is 14.5 Å². The first-order chi connectivity index (χ1) is 14.6. The Balaban J connectivity index is 1.47. The first kappa shape index (κ1) is 19.8. The molecule has 0 radical (unpaired) electrons. The summed E-state index contributed by atoms with van der Waals surface area (Å²) >= 11 is 3.45. The van der Waals surface area contributed by atoms with Crippen LogP contribution in [-0.2, 0) is 4.79 Å². The Kier molecular flexibility index (Phi) is 5.90. The Labute approximate surface area is 182 Å². The van der Waals surface area contributed by atoms with Crippen LogP contribution in [0.3, 0.4) is 0 Å². The minimum Gasteiger partial charge on any atom is -0.483 e. The third-order valence-electron chi connectivity index (χ3n) is 4.36. The van der Waals surface area contributed by atoms with Crippen LogP contribution in [0, 0.1) is 6.92 Å². The Hall–Kier alpha value is -3.45. The number of hydrogen-bond acceptors (Lipinski definition) is 5. The first-order valence-corrected chi connectivity index (χ1v) is 10.1. The molecule has 4 rings (SSSR count). The summed E-state index contributed by atoms with van der Waals surface area (Å²) in [6.07, 6.45) is 0. The number of aryl methyl sites for hydroxylation is 1. The van der Waals surface area contributed by atoms with Gasteiger partial charge in [-0.1, -0.05) is 46.3 Å². The molecule has 7 heteroatoms. The zero-order valence-electron chi connectivity index (χ0n) is 16.1. The van der Waals surface area contributed by atoms with Crippen LogP contribution in [0.5, 0.6) is 5.75 Å². The van der Waals surface area contributed by atoms with Crippen molar-refractivity contribution < 1.29 is 13.9 Å². The van der Waals surface area contributed by atoms with Gasteiger partial charge in [0.15, 0.2) is 6.61 Å². The molecular weight excluding hydrogens is 446 g/mol. The fraction of sp³-hybridized carbons (Fsp3) is 0.0870. The zero-order chi connectivity index (χ0) is 20.9. The number of benzene rings is 3. The van der Waals surface area contributed by atoms with Crippen molar-refractivity contribution in [1.29, 1.82) is 0 Å². The van der Waals surface area contributed by atoms with Gasteiger partial charge in [0.05, 0.1) is 5.56 Å². The van der Waals surface area contributed by atoms with E-state index in [9.17, 15) is 4.79 Å². The summed E-state index contributed by atoms with van der Waals surface area (Å²) in [4.78, 5) is 12.3. The van der Waals surface area contributed by atoms with Gasteiger partial charge in [-0.15, -0.1) is 10.2 Å². The predicted octanol–water partition coefficient (Wildman–Crippen LogP) is 5.49. The Morgan fingerprint density at radius 2 is 1.73 bits per heavy atom. The Morgan fingerprint density at radius 1 is 1.00 bits per heavy atom. The molecule has 0 saturated heterocycles. The Morgan fingerprint density at radius 3 is 2.53 bits per heavy atom. The van der Waals surface area contributed by atoms with E-state index in [1.54, 1.807) is 6.07 Å². The second-order valence-corrected chi connectivity index (χ2v) is 7.43. The molecular formula is C23H18BrN3O3. The number of hydrogen-bond donors (Lipinski definition) is 1. The standard InChI is InChI=1S/C23H18BrN3O3/c1-15-13-17(11-12-19(15)24)25-21(28)14-29-20-10-6-5-9-18(20)23-27-26-22(30-23)16-7-3-2-4-8-16/h2-13H,14H2,1H3,(H,25,28). The van der Waals surface area contributed by atoms with E-state index in [0.717, 1.165) is 15.6 Å². The number of carbonyl (C=O) groups is 1. The van der Waals surface area contributed by atoms with Crippen LogP contribution in [0.4, 0.5) is 5.69 Å². The highest BCUT2D eigenvalue weighted by molar-refractivity contribution is 9.10. The van der Waals surface area contributed by atoms with Crippen LogP contribution in [0.15, 0.2) is 81.7 Å². The number of para-hydroxylation sites is 1. The van der Waals surface area contributed by atoms with Gasteiger partial charge in [0.1, 0.15) is 5.75 Å². The molecule has 6 nitrogen and oxygen atoms in total. The average Bonchev–Trinajstić information content (AvgIpc) is 3.26. The minimum absolute atomic E-state index is 0.147. The minimum atomic E-state index is -0.262. The van der Waals surface area contributed by atoms with E-state index in [1.165, 1.54) is 0 Å². The first-order valence-electron chi connectivity index (χ1n) is 9.27. The van der Waals surface area contributed by atoms with E-state index < -0.39 is 0 Å². The maximum atomic E-state index is 12.3. The van der Waals surface area contributed by atoms with Crippen LogP contribution in [-0.4, -0.2) is 22.7 Å². The highest BCUT2D eigenvalue weighted by Crippen LogP contribution is 2.31. The lowest BCUT2D eigenvalue weighted by Gasteiger charge is -2.10. The highest BCUT2D eigenvalue weighted by atomic mass is 79.9. The number of rotatable bonds is 6. The molecule has 0 unspecified atom stereocenters. The zero-order valence-corrected chi connectivity index (χ0v) is 17.7. The van der Waals surface area contributed by atoms with Gasteiger partial charge in [-0.2, -0.15) is 0 Å². The molecule has 150 valence electrons. The van der Waals surface area contributed by atoms with Crippen LogP contribution in [0.2, 0.25) is 0 Å². The quantitative estimate of drug-likeness (QED) is 0.408. The molecule has 0 aliphatic carbocycles. The molecule has 0 aliphatic heterocycles. The largest absolute Gasteiger partial charge is 0.483 e. The van der Waals surface area contributed by atoms with Gasteiger partial charge in [0.25, 0.3) is 11.8 Å². The average molecular weight is 464 g/mol. The van der Waals surface area contributed by atoms with Gasteiger partial charge in [-0.25, -0.2) is 0 Å². The maximum absolute atomic E-state index is 12.3. The molecule has 0 fully saturated rings. The summed E-state index contributed by atoms with van der Waals surface area (Å²) in [5.41, 5.74) is 3.20. The summed E-state index contributed by atoms with van der Waals surface area (Å²) in [5, 5.41) is 11.1. The molecule has 1 aromatic heterocycles. The van der Waals surface area contributed by atoms with Crippen molar-refractivity contribution in [3.63, 3.8) is 0 Å². The topological polar surface area (TPSA) is 77.2 Å². The van der Waals surface area contributed by atoms with Crippen molar-refractivity contribution in [2.45, 2.75) is 6.92 Å². The van der Waals surface area contributed by atoms with Crippen molar-refractivity contribution in [2.24, 2.45) is 0 Å². The van der Waals surface area contributed by atoms with E-state index in [-0.39, 0.29) is 12.5 Å². The third kappa shape index (κ3) is 4.58. The second-order valence-electron chi connectivity index (χ2n) is 6.58. The number of ether oxygens (including phenoxy) is 1. The lowest BCUT2D eigenvalue weighted by atomic mass is 10.2. The van der Waals surface area contributed by atoms with Gasteiger partial charge in [0, 0.05) is 15.7 Å². The normalized spacial score (nSPS) is 10.6. The summed E-state index contributed by atoms with van der Waals surface area (Å²) in [6, 6.07) is 22.4.